The first-order valence-electron chi connectivity index (χ1n) is 11.7. The number of alkyl halides is 3. The molecule has 2 aliphatic heterocycles. The topological polar surface area (TPSA) is 90.0 Å². The molecule has 3 fully saturated rings. The van der Waals surface area contributed by atoms with Crippen molar-refractivity contribution >= 4 is 29.4 Å². The van der Waals surface area contributed by atoms with Crippen molar-refractivity contribution in [1.82, 2.24) is 15.1 Å². The molecule has 1 spiro atoms. The first kappa shape index (κ1) is 27.3. The third-order valence-corrected chi connectivity index (χ3v) is 8.14. The molecular formula is C24H31ClF3N3O4. The van der Waals surface area contributed by atoms with Gasteiger partial charge in [0, 0.05) is 43.8 Å². The number of aliphatic carboxylic acids is 1. The number of carbonyl (C=O) groups excluding carboxylic acids is 2. The van der Waals surface area contributed by atoms with E-state index in [2.05, 4.69) is 17.1 Å². The lowest BCUT2D eigenvalue weighted by Crippen LogP contribution is -2.49. The van der Waals surface area contributed by atoms with Gasteiger partial charge < -0.3 is 20.2 Å². The number of halogens is 4. The molecule has 0 unspecified atom stereocenters. The number of carboxylic acids is 1. The van der Waals surface area contributed by atoms with Crippen LogP contribution < -0.4 is 5.32 Å². The summed E-state index contributed by atoms with van der Waals surface area (Å²) in [5, 5.41) is 10.7. The monoisotopic (exact) mass is 517 g/mol. The number of benzene rings is 1. The molecule has 0 aromatic heterocycles. The van der Waals surface area contributed by atoms with E-state index < -0.39 is 12.1 Å². The number of likely N-dealkylation sites (tertiary alicyclic amines) is 2. The van der Waals surface area contributed by atoms with E-state index in [1.54, 1.807) is 19.2 Å². The van der Waals surface area contributed by atoms with Crippen LogP contribution in [0.1, 0.15) is 43.0 Å². The van der Waals surface area contributed by atoms with Crippen LogP contribution in [0, 0.1) is 16.7 Å². The number of nitrogens with zero attached hydrogens (tertiary/aromatic N) is 2. The summed E-state index contributed by atoms with van der Waals surface area (Å²) < 4.78 is 31.7. The van der Waals surface area contributed by atoms with E-state index in [1.165, 1.54) is 0 Å². The normalized spacial score (nSPS) is 25.5. The second kappa shape index (κ2) is 10.3. The quantitative estimate of drug-likeness (QED) is 0.638. The standard InChI is InChI=1S/C22H30ClN3O2.C2HF3O2/c1-3-25-14-18-21(7-8-22(18,15-25)20(28)24-2)9-11-26(12-10-21)19(27)16-5-4-6-17(23)13-16;3-2(4,5)1(6)7/h4-6,13,18H,3,7-12,14-15H2,1-2H3,(H,24,28);(H,6,7)/t18-,22+;/m0./s1. The zero-order valence-electron chi connectivity index (χ0n) is 19.8. The Labute approximate surface area is 207 Å². The Morgan fingerprint density at radius 2 is 1.80 bits per heavy atom. The number of carboxylic acid groups (broad SMARTS) is 1. The number of fused-ring (bicyclic) bond motifs is 2. The molecule has 1 aliphatic carbocycles. The fraction of sp³-hybridized carbons (Fsp3) is 0.625. The molecule has 2 heterocycles. The Bertz CT molecular complexity index is 966. The summed E-state index contributed by atoms with van der Waals surface area (Å²) in [7, 11) is 1.76. The average Bonchev–Trinajstić information content (AvgIpc) is 3.35. The molecule has 11 heteroatoms. The third-order valence-electron chi connectivity index (χ3n) is 7.91. The number of carbonyl (C=O) groups is 3. The number of amides is 2. The molecule has 4 rings (SSSR count). The van der Waals surface area contributed by atoms with Gasteiger partial charge in [-0.05, 0) is 61.8 Å². The van der Waals surface area contributed by atoms with Gasteiger partial charge in [-0.3, -0.25) is 9.59 Å². The maximum Gasteiger partial charge on any atom is 0.490 e. The predicted octanol–water partition coefficient (Wildman–Crippen LogP) is 3.67. The van der Waals surface area contributed by atoms with Gasteiger partial charge in [0.1, 0.15) is 0 Å². The first-order valence-corrected chi connectivity index (χ1v) is 12.1. The summed E-state index contributed by atoms with van der Waals surface area (Å²) in [6, 6.07) is 7.20. The lowest BCUT2D eigenvalue weighted by Gasteiger charge is -2.44. The second-order valence-corrected chi connectivity index (χ2v) is 10.0. The van der Waals surface area contributed by atoms with Gasteiger partial charge in [-0.2, -0.15) is 13.2 Å². The van der Waals surface area contributed by atoms with Crippen LogP contribution in [0.25, 0.3) is 0 Å². The number of hydrogen-bond donors (Lipinski definition) is 2. The molecule has 2 atom stereocenters. The van der Waals surface area contributed by atoms with Crippen LogP contribution in [-0.2, 0) is 9.59 Å². The van der Waals surface area contributed by atoms with E-state index >= 15 is 0 Å². The Hall–Kier alpha value is -2.33. The molecule has 2 amide bonds. The summed E-state index contributed by atoms with van der Waals surface area (Å²) in [5.41, 5.74) is 0.596. The van der Waals surface area contributed by atoms with E-state index in [9.17, 15) is 22.8 Å². The van der Waals surface area contributed by atoms with E-state index in [-0.39, 0.29) is 22.6 Å². The molecule has 1 aromatic carbocycles. The highest BCUT2D eigenvalue weighted by Crippen LogP contribution is 2.62. The number of rotatable bonds is 3. The van der Waals surface area contributed by atoms with Crippen molar-refractivity contribution in [2.24, 2.45) is 16.7 Å². The Balaban J connectivity index is 0.000000429. The first-order chi connectivity index (χ1) is 16.4. The van der Waals surface area contributed by atoms with E-state index in [1.807, 2.05) is 17.0 Å². The van der Waals surface area contributed by atoms with Crippen molar-refractivity contribution in [2.45, 2.75) is 38.8 Å². The van der Waals surface area contributed by atoms with E-state index in [4.69, 9.17) is 21.5 Å². The summed E-state index contributed by atoms with van der Waals surface area (Å²) in [5.74, 6) is -2.09. The number of piperidine rings is 1. The fourth-order valence-corrected chi connectivity index (χ4v) is 6.27. The van der Waals surface area contributed by atoms with Crippen molar-refractivity contribution in [3.05, 3.63) is 34.9 Å². The summed E-state index contributed by atoms with van der Waals surface area (Å²) >= 11 is 6.06. The molecule has 2 N–H and O–H groups in total. The van der Waals surface area contributed by atoms with Gasteiger partial charge >= 0.3 is 12.1 Å². The molecule has 35 heavy (non-hydrogen) atoms. The van der Waals surface area contributed by atoms with Crippen LogP contribution >= 0.6 is 11.6 Å². The van der Waals surface area contributed by atoms with Gasteiger partial charge in [0.05, 0.1) is 5.41 Å². The van der Waals surface area contributed by atoms with Gasteiger partial charge in [-0.15, -0.1) is 0 Å². The van der Waals surface area contributed by atoms with Crippen LogP contribution in [0.5, 0.6) is 0 Å². The van der Waals surface area contributed by atoms with Crippen LogP contribution in [0.15, 0.2) is 24.3 Å². The highest BCUT2D eigenvalue weighted by atomic mass is 35.5. The summed E-state index contributed by atoms with van der Waals surface area (Å²) in [6.07, 6.45) is -1.04. The second-order valence-electron chi connectivity index (χ2n) is 9.58. The molecule has 194 valence electrons. The van der Waals surface area contributed by atoms with Crippen molar-refractivity contribution in [3.8, 4) is 0 Å². The zero-order valence-corrected chi connectivity index (χ0v) is 20.6. The van der Waals surface area contributed by atoms with E-state index in [0.29, 0.717) is 16.5 Å². The molecule has 3 aliphatic rings. The van der Waals surface area contributed by atoms with Crippen LogP contribution in [0.4, 0.5) is 13.2 Å². The molecule has 0 bridgehead atoms. The van der Waals surface area contributed by atoms with Gasteiger partial charge in [-0.25, -0.2) is 4.79 Å². The molecular weight excluding hydrogens is 487 g/mol. The lowest BCUT2D eigenvalue weighted by atomic mass is 9.65. The van der Waals surface area contributed by atoms with Gasteiger partial charge in [0.25, 0.3) is 5.91 Å². The van der Waals surface area contributed by atoms with Crippen molar-refractivity contribution < 1.29 is 32.7 Å². The third kappa shape index (κ3) is 5.43. The van der Waals surface area contributed by atoms with Crippen molar-refractivity contribution in [2.75, 3.05) is 39.8 Å². The number of hydrogen-bond acceptors (Lipinski definition) is 4. The SMILES string of the molecule is CCN1C[C@H]2C3(CCN(C(=O)c4cccc(Cl)c4)CC3)CC[C@@]2(C(=O)NC)C1.O=C(O)C(F)(F)F. The van der Waals surface area contributed by atoms with Crippen molar-refractivity contribution in [1.29, 1.82) is 0 Å². The average molecular weight is 518 g/mol. The predicted molar refractivity (Wildman–Crippen MR) is 124 cm³/mol. The molecule has 1 saturated carbocycles. The Kier molecular flexibility index (Phi) is 8.06. The van der Waals surface area contributed by atoms with Crippen molar-refractivity contribution in [3.63, 3.8) is 0 Å². The van der Waals surface area contributed by atoms with Crippen LogP contribution in [0.2, 0.25) is 5.02 Å². The van der Waals surface area contributed by atoms with Crippen LogP contribution in [0.3, 0.4) is 0 Å². The lowest BCUT2D eigenvalue weighted by molar-refractivity contribution is -0.192. The Morgan fingerprint density at radius 1 is 1.17 bits per heavy atom. The maximum atomic E-state index is 12.9. The van der Waals surface area contributed by atoms with Gasteiger partial charge in [0.2, 0.25) is 5.91 Å². The molecule has 2 saturated heterocycles. The van der Waals surface area contributed by atoms with Gasteiger partial charge in [0.15, 0.2) is 0 Å². The highest BCUT2D eigenvalue weighted by molar-refractivity contribution is 6.30. The minimum Gasteiger partial charge on any atom is -0.475 e. The smallest absolute Gasteiger partial charge is 0.475 e. The number of nitrogens with one attached hydrogen (secondary N) is 1. The largest absolute Gasteiger partial charge is 0.490 e. The summed E-state index contributed by atoms with van der Waals surface area (Å²) in [6.45, 7) is 6.57. The van der Waals surface area contributed by atoms with Gasteiger partial charge in [-0.1, -0.05) is 24.6 Å². The molecule has 0 radical (unpaired) electrons. The van der Waals surface area contributed by atoms with Crippen LogP contribution in [-0.4, -0.2) is 78.6 Å². The minimum atomic E-state index is -5.08. The highest BCUT2D eigenvalue weighted by Gasteiger charge is 2.63. The zero-order chi connectivity index (χ0) is 26.0. The molecule has 7 nitrogen and oxygen atoms in total. The maximum absolute atomic E-state index is 12.9. The molecule has 1 aromatic rings. The Morgan fingerprint density at radius 3 is 2.31 bits per heavy atom. The minimum absolute atomic E-state index is 0.0644. The summed E-state index contributed by atoms with van der Waals surface area (Å²) in [4.78, 5) is 39.1. The van der Waals surface area contributed by atoms with E-state index in [0.717, 1.165) is 58.4 Å². The fourth-order valence-electron chi connectivity index (χ4n) is 6.08.